The van der Waals surface area contributed by atoms with Gasteiger partial charge >= 0.3 is 0 Å². The van der Waals surface area contributed by atoms with Crippen LogP contribution in [0.15, 0.2) is 24.3 Å². The Bertz CT molecular complexity index is 522. The molecule has 0 aromatic carbocycles. The zero-order chi connectivity index (χ0) is 24.2. The summed E-state index contributed by atoms with van der Waals surface area (Å²) in [5.41, 5.74) is 3.67. The third-order valence-electron chi connectivity index (χ3n) is 7.72. The molecule has 0 aromatic rings. The van der Waals surface area contributed by atoms with Crippen LogP contribution in [0.2, 0.25) is 0 Å². The Morgan fingerprint density at radius 1 is 0.719 bits per heavy atom. The van der Waals surface area contributed by atoms with Crippen LogP contribution in [0.1, 0.15) is 138 Å². The van der Waals surface area contributed by atoms with E-state index in [1.165, 1.54) is 114 Å². The molecule has 1 saturated carbocycles. The van der Waals surface area contributed by atoms with Crippen LogP contribution < -0.4 is 0 Å². The molecule has 1 nitrogen and oxygen atoms in total. The van der Waals surface area contributed by atoms with Crippen LogP contribution in [0.4, 0.5) is 0 Å². The molecule has 1 heteroatoms. The van der Waals surface area contributed by atoms with E-state index in [1.807, 2.05) is 0 Å². The summed E-state index contributed by atoms with van der Waals surface area (Å²) in [5, 5.41) is 0. The number of hydrogen-bond acceptors (Lipinski definition) is 1. The SMILES string of the molecule is C=C(CCC1CCC(CCC(=C)CCC(C)(C)C)CC1)CCN(CCCCC)C(C)(C)C. The van der Waals surface area contributed by atoms with E-state index < -0.39 is 0 Å². The van der Waals surface area contributed by atoms with Crippen molar-refractivity contribution in [2.24, 2.45) is 17.3 Å². The van der Waals surface area contributed by atoms with Crippen molar-refractivity contribution in [2.45, 2.75) is 144 Å². The van der Waals surface area contributed by atoms with Crippen molar-refractivity contribution >= 4 is 0 Å². The van der Waals surface area contributed by atoms with E-state index in [2.05, 4.69) is 66.5 Å². The van der Waals surface area contributed by atoms with Crippen molar-refractivity contribution in [1.82, 2.24) is 4.90 Å². The highest BCUT2D eigenvalue weighted by atomic mass is 15.2. The largest absolute Gasteiger partial charge is 0.298 e. The van der Waals surface area contributed by atoms with Crippen LogP contribution >= 0.6 is 0 Å². The standard InChI is InChI=1S/C31H59N/c1-10-11-12-24-32(31(7,8)9)25-22-27(3)14-16-29-19-17-28(18-20-29)15-13-26(2)21-23-30(4,5)6/h28-29H,2-3,10-25H2,1,4-9H3. The average molecular weight is 446 g/mol. The zero-order valence-corrected chi connectivity index (χ0v) is 23.3. The highest BCUT2D eigenvalue weighted by Crippen LogP contribution is 2.36. The predicted octanol–water partition coefficient (Wildman–Crippen LogP) is 9.97. The molecule has 1 aliphatic carbocycles. The molecule has 0 heterocycles. The molecule has 0 bridgehead atoms. The lowest BCUT2D eigenvalue weighted by molar-refractivity contribution is 0.135. The number of rotatable bonds is 15. The molecule has 0 N–H and O–H groups in total. The fourth-order valence-electron chi connectivity index (χ4n) is 5.06. The number of nitrogens with zero attached hydrogens (tertiary/aromatic N) is 1. The third kappa shape index (κ3) is 13.9. The third-order valence-corrected chi connectivity index (χ3v) is 7.72. The minimum Gasteiger partial charge on any atom is -0.298 e. The predicted molar refractivity (Wildman–Crippen MR) is 146 cm³/mol. The van der Waals surface area contributed by atoms with Crippen molar-refractivity contribution in [3.05, 3.63) is 24.3 Å². The molecule has 0 spiro atoms. The first-order valence-electron chi connectivity index (χ1n) is 14.0. The van der Waals surface area contributed by atoms with Crippen LogP contribution in [0.5, 0.6) is 0 Å². The summed E-state index contributed by atoms with van der Waals surface area (Å²) in [4.78, 5) is 2.68. The quantitative estimate of drug-likeness (QED) is 0.179. The first kappa shape index (κ1) is 29.5. The summed E-state index contributed by atoms with van der Waals surface area (Å²) in [6.07, 6.45) is 18.7. The Hall–Kier alpha value is -0.560. The maximum absolute atomic E-state index is 4.45. The van der Waals surface area contributed by atoms with E-state index in [4.69, 9.17) is 0 Å². The van der Waals surface area contributed by atoms with E-state index in [1.54, 1.807) is 0 Å². The lowest BCUT2D eigenvalue weighted by Crippen LogP contribution is -2.42. The van der Waals surface area contributed by atoms with Crippen molar-refractivity contribution in [3.63, 3.8) is 0 Å². The van der Waals surface area contributed by atoms with Gasteiger partial charge in [-0.15, -0.1) is 0 Å². The van der Waals surface area contributed by atoms with E-state index in [9.17, 15) is 0 Å². The van der Waals surface area contributed by atoms with Gasteiger partial charge in [-0.1, -0.05) is 90.5 Å². The van der Waals surface area contributed by atoms with E-state index >= 15 is 0 Å². The maximum atomic E-state index is 4.45. The molecule has 0 amide bonds. The van der Waals surface area contributed by atoms with Gasteiger partial charge in [0.15, 0.2) is 0 Å². The van der Waals surface area contributed by atoms with Crippen LogP contribution in [0, 0.1) is 17.3 Å². The molecular weight excluding hydrogens is 386 g/mol. The summed E-state index contributed by atoms with van der Waals surface area (Å²) < 4.78 is 0. The molecular formula is C31H59N. The molecule has 1 aliphatic rings. The fraction of sp³-hybridized carbons (Fsp3) is 0.871. The van der Waals surface area contributed by atoms with Gasteiger partial charge in [0.2, 0.25) is 0 Å². The molecule has 0 atom stereocenters. The Labute approximate surface area is 203 Å². The number of allylic oxidation sites excluding steroid dienone is 1. The second-order valence-corrected chi connectivity index (χ2v) is 13.1. The number of unbranched alkanes of at least 4 members (excludes halogenated alkanes) is 2. The van der Waals surface area contributed by atoms with Crippen LogP contribution in [-0.4, -0.2) is 23.5 Å². The van der Waals surface area contributed by atoms with Crippen LogP contribution in [0.25, 0.3) is 0 Å². The van der Waals surface area contributed by atoms with Gasteiger partial charge < -0.3 is 0 Å². The minimum absolute atomic E-state index is 0.268. The number of hydrogen-bond donors (Lipinski definition) is 0. The van der Waals surface area contributed by atoms with Gasteiger partial charge in [-0.2, -0.15) is 0 Å². The van der Waals surface area contributed by atoms with Crippen molar-refractivity contribution in [2.75, 3.05) is 13.1 Å². The Kier molecular flexibility index (Phi) is 13.5. The normalized spacial score (nSPS) is 20.0. The van der Waals surface area contributed by atoms with Crippen molar-refractivity contribution in [1.29, 1.82) is 0 Å². The summed E-state index contributed by atoms with van der Waals surface area (Å²) in [6, 6.07) is 0. The van der Waals surface area contributed by atoms with Crippen molar-refractivity contribution < 1.29 is 0 Å². The minimum atomic E-state index is 0.268. The van der Waals surface area contributed by atoms with Crippen LogP contribution in [-0.2, 0) is 0 Å². The Morgan fingerprint density at radius 2 is 1.22 bits per heavy atom. The molecule has 32 heavy (non-hydrogen) atoms. The monoisotopic (exact) mass is 445 g/mol. The Morgan fingerprint density at radius 3 is 1.66 bits per heavy atom. The second kappa shape index (κ2) is 14.6. The zero-order valence-electron chi connectivity index (χ0n) is 23.3. The summed E-state index contributed by atoms with van der Waals surface area (Å²) in [5.74, 6) is 1.89. The van der Waals surface area contributed by atoms with Gasteiger partial charge in [-0.25, -0.2) is 0 Å². The lowest BCUT2D eigenvalue weighted by atomic mass is 9.77. The molecule has 1 rings (SSSR count). The molecule has 1 fully saturated rings. The smallest absolute Gasteiger partial charge is 0.0125 e. The van der Waals surface area contributed by atoms with Crippen molar-refractivity contribution in [3.8, 4) is 0 Å². The summed E-state index contributed by atoms with van der Waals surface area (Å²) in [7, 11) is 0. The lowest BCUT2D eigenvalue weighted by Gasteiger charge is -2.36. The fourth-order valence-corrected chi connectivity index (χ4v) is 5.06. The van der Waals surface area contributed by atoms with Gasteiger partial charge in [0.05, 0.1) is 0 Å². The summed E-state index contributed by atoms with van der Waals surface area (Å²) >= 11 is 0. The van der Waals surface area contributed by atoms with Gasteiger partial charge in [0, 0.05) is 12.1 Å². The molecule has 0 unspecified atom stereocenters. The van der Waals surface area contributed by atoms with E-state index in [-0.39, 0.29) is 5.54 Å². The highest BCUT2D eigenvalue weighted by molar-refractivity contribution is 4.97. The second-order valence-electron chi connectivity index (χ2n) is 13.1. The highest BCUT2D eigenvalue weighted by Gasteiger charge is 2.23. The molecule has 0 radical (unpaired) electrons. The molecule has 0 saturated heterocycles. The van der Waals surface area contributed by atoms with Crippen LogP contribution in [0.3, 0.4) is 0 Å². The maximum Gasteiger partial charge on any atom is 0.0125 e. The topological polar surface area (TPSA) is 3.24 Å². The summed E-state index contributed by atoms with van der Waals surface area (Å²) in [6.45, 7) is 27.6. The first-order valence-corrected chi connectivity index (χ1v) is 14.0. The van der Waals surface area contributed by atoms with Gasteiger partial charge in [0.1, 0.15) is 0 Å². The van der Waals surface area contributed by atoms with Gasteiger partial charge in [0.25, 0.3) is 0 Å². The average Bonchev–Trinajstić information content (AvgIpc) is 2.71. The molecule has 188 valence electrons. The first-order chi connectivity index (χ1) is 14.9. The Balaban J connectivity index is 2.21. The van der Waals surface area contributed by atoms with E-state index in [0.29, 0.717) is 5.41 Å². The molecule has 0 aromatic heterocycles. The molecule has 0 aliphatic heterocycles. The van der Waals surface area contributed by atoms with E-state index in [0.717, 1.165) is 11.8 Å². The van der Waals surface area contributed by atoms with Gasteiger partial charge in [-0.05, 0) is 95.9 Å². The van der Waals surface area contributed by atoms with Gasteiger partial charge in [-0.3, -0.25) is 4.90 Å².